The monoisotopic (exact) mass is 558 g/mol. The largest absolute Gasteiger partial charge is 0.354 e. The molecule has 6 heterocycles. The Hall–Kier alpha value is -2.98. The molecule has 218 valence electrons. The lowest BCUT2D eigenvalue weighted by Gasteiger charge is -2.48. The Morgan fingerprint density at radius 1 is 0.878 bits per heavy atom. The van der Waals surface area contributed by atoms with Gasteiger partial charge in [0, 0.05) is 65.1 Å². The minimum absolute atomic E-state index is 0.0863. The molecule has 5 aliphatic rings. The highest BCUT2D eigenvalue weighted by atomic mass is 19.1. The van der Waals surface area contributed by atoms with E-state index in [-0.39, 0.29) is 24.2 Å². The smallest absolute Gasteiger partial charge is 0.135 e. The highest BCUT2D eigenvalue weighted by Gasteiger charge is 2.42. The summed E-state index contributed by atoms with van der Waals surface area (Å²) >= 11 is 0. The summed E-state index contributed by atoms with van der Waals surface area (Å²) in [7, 11) is 4.32. The van der Waals surface area contributed by atoms with Gasteiger partial charge in [-0.1, -0.05) is 24.3 Å². The molecular weight excluding hydrogens is 515 g/mol. The van der Waals surface area contributed by atoms with E-state index in [9.17, 15) is 4.39 Å². The Morgan fingerprint density at radius 2 is 1.66 bits per heavy atom. The number of hydrazine groups is 1. The fourth-order valence-corrected chi connectivity index (χ4v) is 7.58. The number of benzene rings is 1. The molecule has 3 atom stereocenters. The molecule has 0 amide bonds. The number of nitrogens with zero attached hydrogens (tertiary/aromatic N) is 7. The quantitative estimate of drug-likeness (QED) is 0.560. The van der Waals surface area contributed by atoms with Crippen LogP contribution in [0.4, 0.5) is 10.2 Å². The molecule has 1 aromatic carbocycles. The second-order valence-corrected chi connectivity index (χ2v) is 12.1. The van der Waals surface area contributed by atoms with Crippen LogP contribution in [-0.4, -0.2) is 108 Å². The van der Waals surface area contributed by atoms with Crippen LogP contribution in [0.25, 0.3) is 5.70 Å². The van der Waals surface area contributed by atoms with Crippen molar-refractivity contribution in [1.82, 2.24) is 35.0 Å². The topological polar surface area (TPSA) is 44.4 Å². The molecule has 0 spiro atoms. The van der Waals surface area contributed by atoms with Crippen LogP contribution >= 0.6 is 0 Å². The van der Waals surface area contributed by atoms with Crippen molar-refractivity contribution in [3.8, 4) is 0 Å². The number of pyridine rings is 1. The minimum Gasteiger partial charge on any atom is -0.354 e. The summed E-state index contributed by atoms with van der Waals surface area (Å²) in [4.78, 5) is 15.1. The lowest BCUT2D eigenvalue weighted by atomic mass is 10.0. The number of nitrogens with one attached hydrogen (secondary N) is 1. The molecule has 0 bridgehead atoms. The first-order valence-corrected chi connectivity index (χ1v) is 15.4. The number of hydrogen-bond acceptors (Lipinski definition) is 8. The normalized spacial score (nSPS) is 28.4. The molecule has 1 aromatic heterocycles. The molecule has 7 rings (SSSR count). The first-order chi connectivity index (χ1) is 20.1. The average molecular weight is 559 g/mol. The number of halogens is 1. The van der Waals surface area contributed by atoms with Gasteiger partial charge in [-0.2, -0.15) is 0 Å². The second-order valence-electron chi connectivity index (χ2n) is 12.1. The standard InChI is InChI=1S/C32H43FN8/c1-36-23-29(27-8-4-10-30(35-27)39-20-18-38(19-21-39)26-13-15-34-16-14-26)41-31(36)11-12-32(37(41)2)40-17-5-9-28(40)24-6-3-7-25(33)22-24/h3-4,6-8,10-12,22-23,26,28,31-32,34H,5,9,13-21H2,1-2H3/t28-,31?,32?/m1/s1. The van der Waals surface area contributed by atoms with Gasteiger partial charge in [0.15, 0.2) is 0 Å². The van der Waals surface area contributed by atoms with Crippen LogP contribution in [0.15, 0.2) is 60.8 Å². The molecule has 2 aromatic rings. The van der Waals surface area contributed by atoms with Crippen molar-refractivity contribution in [3.63, 3.8) is 0 Å². The van der Waals surface area contributed by atoms with E-state index in [2.05, 4.69) is 91.6 Å². The van der Waals surface area contributed by atoms with Gasteiger partial charge in [-0.25, -0.2) is 14.4 Å². The summed E-state index contributed by atoms with van der Waals surface area (Å²) in [5.74, 6) is 0.906. The molecule has 0 saturated carbocycles. The first kappa shape index (κ1) is 26.9. The summed E-state index contributed by atoms with van der Waals surface area (Å²) in [6, 6.07) is 14.5. The fourth-order valence-electron chi connectivity index (χ4n) is 7.58. The third kappa shape index (κ3) is 5.14. The molecule has 8 nitrogen and oxygen atoms in total. The van der Waals surface area contributed by atoms with Crippen molar-refractivity contribution < 1.29 is 4.39 Å². The van der Waals surface area contributed by atoms with Gasteiger partial charge >= 0.3 is 0 Å². The third-order valence-corrected chi connectivity index (χ3v) is 9.75. The van der Waals surface area contributed by atoms with Crippen molar-refractivity contribution in [2.24, 2.45) is 0 Å². The zero-order chi connectivity index (χ0) is 27.9. The zero-order valence-electron chi connectivity index (χ0n) is 24.4. The number of fused-ring (bicyclic) bond motifs is 1. The van der Waals surface area contributed by atoms with Gasteiger partial charge in [0.2, 0.25) is 0 Å². The lowest BCUT2D eigenvalue weighted by Crippen LogP contribution is -2.58. The Labute approximate surface area is 243 Å². The zero-order valence-corrected chi connectivity index (χ0v) is 24.4. The Kier molecular flexibility index (Phi) is 7.45. The first-order valence-electron chi connectivity index (χ1n) is 15.4. The predicted molar refractivity (Wildman–Crippen MR) is 161 cm³/mol. The number of anilines is 1. The fraction of sp³-hybridized carbons (Fsp3) is 0.531. The van der Waals surface area contributed by atoms with Gasteiger partial charge in [-0.15, -0.1) is 0 Å². The maximum absolute atomic E-state index is 14.1. The van der Waals surface area contributed by atoms with E-state index in [4.69, 9.17) is 4.98 Å². The number of hydrogen-bond donors (Lipinski definition) is 1. The molecule has 5 aliphatic heterocycles. The van der Waals surface area contributed by atoms with Crippen molar-refractivity contribution in [3.05, 3.63) is 77.9 Å². The van der Waals surface area contributed by atoms with Crippen LogP contribution in [0, 0.1) is 5.82 Å². The van der Waals surface area contributed by atoms with Gasteiger partial charge < -0.3 is 15.1 Å². The Morgan fingerprint density at radius 3 is 2.46 bits per heavy atom. The number of piperidine rings is 1. The molecule has 3 fully saturated rings. The molecule has 41 heavy (non-hydrogen) atoms. The van der Waals surface area contributed by atoms with Crippen molar-refractivity contribution in [2.45, 2.75) is 50.1 Å². The van der Waals surface area contributed by atoms with Gasteiger partial charge in [0.1, 0.15) is 17.8 Å². The van der Waals surface area contributed by atoms with Crippen LogP contribution in [-0.2, 0) is 0 Å². The number of piperazine rings is 1. The van der Waals surface area contributed by atoms with Gasteiger partial charge in [-0.3, -0.25) is 14.8 Å². The number of aromatic nitrogens is 1. The van der Waals surface area contributed by atoms with Gasteiger partial charge in [0.05, 0.1) is 17.6 Å². The second kappa shape index (κ2) is 11.4. The van der Waals surface area contributed by atoms with Crippen LogP contribution in [0.5, 0.6) is 0 Å². The summed E-state index contributed by atoms with van der Waals surface area (Å²) in [5.41, 5.74) is 3.18. The van der Waals surface area contributed by atoms with Gasteiger partial charge in [-0.05, 0) is 74.7 Å². The van der Waals surface area contributed by atoms with Crippen LogP contribution in [0.2, 0.25) is 0 Å². The third-order valence-electron chi connectivity index (χ3n) is 9.75. The van der Waals surface area contributed by atoms with E-state index >= 15 is 0 Å². The number of likely N-dealkylation sites (tertiary alicyclic amines) is 1. The number of rotatable bonds is 5. The van der Waals surface area contributed by atoms with E-state index in [1.807, 2.05) is 6.07 Å². The molecule has 0 radical (unpaired) electrons. The molecule has 1 N–H and O–H groups in total. The van der Waals surface area contributed by atoms with Crippen molar-refractivity contribution in [1.29, 1.82) is 0 Å². The highest BCUT2D eigenvalue weighted by molar-refractivity contribution is 5.65. The van der Waals surface area contributed by atoms with Gasteiger partial charge in [0.25, 0.3) is 0 Å². The van der Waals surface area contributed by atoms with Crippen LogP contribution < -0.4 is 10.2 Å². The van der Waals surface area contributed by atoms with Crippen molar-refractivity contribution >= 4 is 11.5 Å². The highest BCUT2D eigenvalue weighted by Crippen LogP contribution is 2.40. The van der Waals surface area contributed by atoms with Crippen LogP contribution in [0.3, 0.4) is 0 Å². The van der Waals surface area contributed by atoms with Crippen molar-refractivity contribution in [2.75, 3.05) is 64.8 Å². The summed E-state index contributed by atoms with van der Waals surface area (Å²) < 4.78 is 14.1. The summed E-state index contributed by atoms with van der Waals surface area (Å²) in [5, 5.41) is 8.23. The minimum atomic E-state index is -0.160. The molecule has 9 heteroatoms. The van der Waals surface area contributed by atoms with E-state index in [0.29, 0.717) is 0 Å². The molecule has 3 saturated heterocycles. The van der Waals surface area contributed by atoms with E-state index in [0.717, 1.165) is 87.5 Å². The van der Waals surface area contributed by atoms with E-state index in [1.165, 1.54) is 18.9 Å². The maximum Gasteiger partial charge on any atom is 0.135 e. The average Bonchev–Trinajstić information content (AvgIpc) is 3.63. The SMILES string of the molecule is CN1C=C(c2cccc(N3CCN(C4CCNCC4)CC3)n2)N2C1C=CC(N1CCC[C@@H]1c1cccc(F)c1)N2C. The van der Waals surface area contributed by atoms with Crippen LogP contribution in [0.1, 0.15) is 43.0 Å². The molecular formula is C32H43FN8. The molecule has 0 aliphatic carbocycles. The summed E-state index contributed by atoms with van der Waals surface area (Å²) in [6.45, 7) is 7.53. The summed E-state index contributed by atoms with van der Waals surface area (Å²) in [6.07, 6.45) is 11.7. The lowest BCUT2D eigenvalue weighted by molar-refractivity contribution is -0.0775. The maximum atomic E-state index is 14.1. The number of likely N-dealkylation sites (N-methyl/N-ethyl adjacent to an activating group) is 2. The van der Waals surface area contributed by atoms with E-state index < -0.39 is 0 Å². The predicted octanol–water partition coefficient (Wildman–Crippen LogP) is 3.55. The van der Waals surface area contributed by atoms with E-state index in [1.54, 1.807) is 6.07 Å². The Bertz CT molecular complexity index is 1280. The molecule has 2 unspecified atom stereocenters. The Balaban J connectivity index is 1.09.